The first-order valence-corrected chi connectivity index (χ1v) is 19.3. The number of aliphatic hydroxyl groups is 2. The first-order valence-electron chi connectivity index (χ1n) is 17.0. The van der Waals surface area contributed by atoms with Crippen molar-refractivity contribution in [3.63, 3.8) is 0 Å². The van der Waals surface area contributed by atoms with E-state index in [2.05, 4.69) is 94.7 Å². The largest absolute Gasteiger partial charge is 0.394 e. The van der Waals surface area contributed by atoms with Crippen molar-refractivity contribution in [3.8, 4) is 0 Å². The van der Waals surface area contributed by atoms with E-state index in [0.29, 0.717) is 30.7 Å². The summed E-state index contributed by atoms with van der Waals surface area (Å²) in [5.74, 6) is -0.347. The van der Waals surface area contributed by atoms with Crippen LogP contribution in [-0.4, -0.2) is 75.3 Å². The average molecular weight is 713 g/mol. The number of nitrogens with zero attached hydrogens (tertiary/aromatic N) is 1. The highest BCUT2D eigenvalue weighted by atomic mass is 33.1. The van der Waals surface area contributed by atoms with Crippen LogP contribution in [0.3, 0.4) is 0 Å². The quantitative estimate of drug-likeness (QED) is 0.0422. The summed E-state index contributed by atoms with van der Waals surface area (Å²) in [7, 11) is 2.91. The maximum atomic E-state index is 13.0. The van der Waals surface area contributed by atoms with Gasteiger partial charge in [0.25, 0.3) is 5.91 Å². The number of allylic oxidation sites excluding steroid dienone is 12. The Bertz CT molecular complexity index is 1250. The Morgan fingerprint density at radius 3 is 1.98 bits per heavy atom. The average Bonchev–Trinajstić information content (AvgIpc) is 3.10. The lowest BCUT2D eigenvalue weighted by Crippen LogP contribution is -2.57. The minimum Gasteiger partial charge on any atom is -0.394 e. The van der Waals surface area contributed by atoms with E-state index >= 15 is 0 Å². The minimum atomic E-state index is -1.10. The van der Waals surface area contributed by atoms with Gasteiger partial charge in [-0.3, -0.25) is 19.4 Å². The van der Waals surface area contributed by atoms with Crippen molar-refractivity contribution < 1.29 is 24.6 Å². The molecule has 1 rings (SSSR count). The molecule has 49 heavy (non-hydrogen) atoms. The zero-order chi connectivity index (χ0) is 36.0. The van der Waals surface area contributed by atoms with Crippen LogP contribution in [0.2, 0.25) is 0 Å². The third-order valence-electron chi connectivity index (χ3n) is 6.80. The summed E-state index contributed by atoms with van der Waals surface area (Å²) in [4.78, 5) is 42.1. The van der Waals surface area contributed by atoms with Gasteiger partial charge >= 0.3 is 0 Å². The molecule has 0 aliphatic rings. The van der Waals surface area contributed by atoms with Gasteiger partial charge in [-0.25, -0.2) is 0 Å². The van der Waals surface area contributed by atoms with Crippen LogP contribution in [0.1, 0.15) is 82.5 Å². The minimum absolute atomic E-state index is 0.0205. The topological polar surface area (TPSA) is 141 Å². The third-order valence-corrected chi connectivity index (χ3v) is 10.1. The van der Waals surface area contributed by atoms with E-state index in [-0.39, 0.29) is 12.5 Å². The fourth-order valence-electron chi connectivity index (χ4n) is 4.07. The van der Waals surface area contributed by atoms with Crippen molar-refractivity contribution in [2.24, 2.45) is 0 Å². The van der Waals surface area contributed by atoms with Gasteiger partial charge in [0, 0.05) is 42.4 Å². The molecule has 0 aliphatic heterocycles. The Balaban J connectivity index is 2.29. The fourth-order valence-corrected chi connectivity index (χ4v) is 6.60. The van der Waals surface area contributed by atoms with Crippen LogP contribution < -0.4 is 16.0 Å². The van der Waals surface area contributed by atoms with Crippen LogP contribution in [0, 0.1) is 0 Å². The highest BCUT2D eigenvalue weighted by Crippen LogP contribution is 2.38. The van der Waals surface area contributed by atoms with Crippen LogP contribution in [0.4, 0.5) is 0 Å². The SMILES string of the molecule is CC/C=C\C/C=C\C/C=C\C/C=C\C/C=C\C/C=C\CCC(=O)NCCSSC(C)(C)[C@@H](NC(=O)c1cccnc1)C(=O)NC[C@@H](O)CO. The molecule has 0 saturated carbocycles. The van der Waals surface area contributed by atoms with E-state index in [0.717, 1.165) is 38.5 Å². The fraction of sp³-hybridized carbons (Fsp3) is 0.474. The van der Waals surface area contributed by atoms with Gasteiger partial charge < -0.3 is 26.2 Å². The Hall–Kier alpha value is -3.38. The highest BCUT2D eigenvalue weighted by Gasteiger charge is 2.37. The second-order valence-corrected chi connectivity index (χ2v) is 14.6. The molecule has 0 radical (unpaired) electrons. The molecule has 2 atom stereocenters. The number of carbonyl (C=O) groups excluding carboxylic acids is 3. The summed E-state index contributed by atoms with van der Waals surface area (Å²) >= 11 is 0. The smallest absolute Gasteiger partial charge is 0.253 e. The predicted octanol–water partition coefficient (Wildman–Crippen LogP) is 6.40. The molecule has 0 aromatic carbocycles. The lowest BCUT2D eigenvalue weighted by Gasteiger charge is -2.33. The second kappa shape index (κ2) is 28.5. The first kappa shape index (κ1) is 43.6. The number of aromatic nitrogens is 1. The number of rotatable bonds is 26. The molecule has 1 aromatic heterocycles. The van der Waals surface area contributed by atoms with Crippen molar-refractivity contribution in [2.45, 2.75) is 89.0 Å². The number of amides is 3. The summed E-state index contributed by atoms with van der Waals surface area (Å²) in [6.07, 6.45) is 34.6. The van der Waals surface area contributed by atoms with Gasteiger partial charge in [-0.05, 0) is 70.9 Å². The molecule has 270 valence electrons. The highest BCUT2D eigenvalue weighted by molar-refractivity contribution is 8.77. The lowest BCUT2D eigenvalue weighted by molar-refractivity contribution is -0.124. The normalized spacial score (nSPS) is 13.7. The molecule has 0 saturated heterocycles. The number of hydrogen-bond acceptors (Lipinski definition) is 8. The lowest BCUT2D eigenvalue weighted by atomic mass is 10.0. The van der Waals surface area contributed by atoms with Gasteiger partial charge in [-0.1, -0.05) is 101 Å². The van der Waals surface area contributed by atoms with Gasteiger partial charge in [0.05, 0.1) is 18.3 Å². The Labute approximate surface area is 301 Å². The van der Waals surface area contributed by atoms with E-state index in [9.17, 15) is 19.5 Å². The van der Waals surface area contributed by atoms with Crippen molar-refractivity contribution in [3.05, 3.63) is 103 Å². The molecular formula is C38H56N4O5S2. The molecule has 0 bridgehead atoms. The molecule has 1 aromatic rings. The maximum absolute atomic E-state index is 13.0. The molecule has 0 spiro atoms. The van der Waals surface area contributed by atoms with Gasteiger partial charge in [0.15, 0.2) is 0 Å². The van der Waals surface area contributed by atoms with Crippen molar-refractivity contribution in [1.29, 1.82) is 0 Å². The van der Waals surface area contributed by atoms with E-state index in [1.165, 1.54) is 27.8 Å². The van der Waals surface area contributed by atoms with Crippen molar-refractivity contribution >= 4 is 39.3 Å². The Morgan fingerprint density at radius 1 is 0.878 bits per heavy atom. The van der Waals surface area contributed by atoms with E-state index in [4.69, 9.17) is 5.11 Å². The molecule has 3 amide bonds. The monoisotopic (exact) mass is 712 g/mol. The zero-order valence-corrected chi connectivity index (χ0v) is 30.9. The van der Waals surface area contributed by atoms with E-state index in [1.807, 2.05) is 19.9 Å². The number of carbonyl (C=O) groups is 3. The summed E-state index contributed by atoms with van der Waals surface area (Å²) in [5.41, 5.74) is 0.316. The summed E-state index contributed by atoms with van der Waals surface area (Å²) < 4.78 is -0.753. The predicted molar refractivity (Wildman–Crippen MR) is 206 cm³/mol. The van der Waals surface area contributed by atoms with Crippen LogP contribution >= 0.6 is 21.6 Å². The summed E-state index contributed by atoms with van der Waals surface area (Å²) in [6.45, 7) is 5.65. The number of pyridine rings is 1. The van der Waals surface area contributed by atoms with Crippen molar-refractivity contribution in [2.75, 3.05) is 25.4 Å². The first-order chi connectivity index (χ1) is 23.7. The number of nitrogens with one attached hydrogen (secondary N) is 3. The standard InChI is InChI=1S/C38H56N4O5S2/c1-4-5-6-7-8-9-10-11-12-13-14-15-16-17-18-19-20-21-22-25-34(45)40-27-28-48-49-38(2,3)35(37(47)41-30-33(44)31-43)42-36(46)32-24-23-26-39-29-32/h5-6,8-9,11-12,14-15,17-18,20-21,23-24,26,29,33,35,43-44H,4,7,10,13,16,19,22,25,27-28,30-31H2,1-3H3,(H,40,45)(H,41,47)(H,42,46)/b6-5-,9-8-,12-11-,15-14-,18-17-,21-20-/t33-,35+/m1/s1. The van der Waals surface area contributed by atoms with Crippen LogP contribution in [0.15, 0.2) is 97.4 Å². The second-order valence-electron chi connectivity index (χ2n) is 11.5. The molecule has 5 N–H and O–H groups in total. The van der Waals surface area contributed by atoms with Crippen LogP contribution in [0.25, 0.3) is 0 Å². The van der Waals surface area contributed by atoms with Gasteiger partial charge in [0.2, 0.25) is 11.8 Å². The van der Waals surface area contributed by atoms with E-state index in [1.54, 1.807) is 18.3 Å². The van der Waals surface area contributed by atoms with Crippen LogP contribution in [0.5, 0.6) is 0 Å². The van der Waals surface area contributed by atoms with Gasteiger partial charge in [-0.2, -0.15) is 0 Å². The Morgan fingerprint density at radius 2 is 1.45 bits per heavy atom. The molecule has 11 heteroatoms. The molecular weight excluding hydrogens is 657 g/mol. The molecule has 0 unspecified atom stereocenters. The Kier molecular flexibility index (Phi) is 25.3. The van der Waals surface area contributed by atoms with Gasteiger partial charge in [-0.15, -0.1) is 0 Å². The molecule has 0 aliphatic carbocycles. The molecule has 9 nitrogen and oxygen atoms in total. The zero-order valence-electron chi connectivity index (χ0n) is 29.3. The molecule has 1 heterocycles. The van der Waals surface area contributed by atoms with Crippen LogP contribution in [-0.2, 0) is 9.59 Å². The maximum Gasteiger partial charge on any atom is 0.253 e. The number of hydrogen-bond donors (Lipinski definition) is 5. The summed E-state index contributed by atoms with van der Waals surface area (Å²) in [5, 5.41) is 27.1. The van der Waals surface area contributed by atoms with Gasteiger partial charge in [0.1, 0.15) is 6.04 Å². The molecule has 0 fully saturated rings. The number of aliphatic hydroxyl groups excluding tert-OH is 2. The third kappa shape index (κ3) is 22.8. The summed E-state index contributed by atoms with van der Waals surface area (Å²) in [6, 6.07) is 2.29. The van der Waals surface area contributed by atoms with Crippen molar-refractivity contribution in [1.82, 2.24) is 20.9 Å². The van der Waals surface area contributed by atoms with E-state index < -0.39 is 35.3 Å².